The molecule has 3 aliphatic carbocycles. The molecule has 2 aromatic rings. The molecular weight excluding hydrogens is 444 g/mol. The Labute approximate surface area is 204 Å². The Balaban J connectivity index is 1.06. The van der Waals surface area contributed by atoms with E-state index < -0.39 is 22.9 Å². The smallest absolute Gasteiger partial charge is 0.407 e. The van der Waals surface area contributed by atoms with Gasteiger partial charge in [0.1, 0.15) is 6.61 Å². The number of likely N-dealkylation sites (tertiary alicyclic amines) is 1. The Morgan fingerprint density at radius 1 is 1.00 bits per heavy atom. The second-order valence-corrected chi connectivity index (χ2v) is 10.7. The highest BCUT2D eigenvalue weighted by molar-refractivity contribution is 5.88. The molecule has 1 saturated heterocycles. The highest BCUT2D eigenvalue weighted by atomic mass is 16.5. The summed E-state index contributed by atoms with van der Waals surface area (Å²) >= 11 is 0. The maximum Gasteiger partial charge on any atom is 0.407 e. The minimum absolute atomic E-state index is 0.0131. The van der Waals surface area contributed by atoms with Crippen LogP contribution in [0.4, 0.5) is 4.79 Å². The Hall–Kier alpha value is -3.35. The summed E-state index contributed by atoms with van der Waals surface area (Å²) in [7, 11) is 0. The number of carbonyl (C=O) groups is 3. The Morgan fingerprint density at radius 2 is 1.66 bits per heavy atom. The van der Waals surface area contributed by atoms with Gasteiger partial charge >= 0.3 is 12.1 Å². The average molecular weight is 475 g/mol. The van der Waals surface area contributed by atoms with E-state index in [1.807, 2.05) is 24.3 Å². The fourth-order valence-electron chi connectivity index (χ4n) is 6.64. The lowest BCUT2D eigenvalue weighted by Crippen LogP contribution is -2.44. The summed E-state index contributed by atoms with van der Waals surface area (Å²) in [6, 6.07) is 16.4. The predicted octanol–water partition coefficient (Wildman–Crippen LogP) is 4.02. The van der Waals surface area contributed by atoms with Gasteiger partial charge in [-0.3, -0.25) is 9.59 Å². The number of rotatable bonds is 6. The molecule has 7 heteroatoms. The molecule has 0 aromatic heterocycles. The highest BCUT2D eigenvalue weighted by Gasteiger charge is 2.60. The molecule has 3 fully saturated rings. The number of amides is 2. The molecule has 0 unspecified atom stereocenters. The van der Waals surface area contributed by atoms with Crippen molar-refractivity contribution in [2.75, 3.05) is 26.2 Å². The van der Waals surface area contributed by atoms with Crippen LogP contribution in [0.1, 0.15) is 49.1 Å². The van der Waals surface area contributed by atoms with E-state index in [0.29, 0.717) is 32.4 Å². The Kier molecular flexibility index (Phi) is 5.13. The van der Waals surface area contributed by atoms with Gasteiger partial charge in [-0.25, -0.2) is 4.79 Å². The maximum atomic E-state index is 13.3. The first kappa shape index (κ1) is 22.1. The van der Waals surface area contributed by atoms with E-state index in [9.17, 15) is 19.5 Å². The third-order valence-corrected chi connectivity index (χ3v) is 8.81. The van der Waals surface area contributed by atoms with Crippen molar-refractivity contribution in [1.29, 1.82) is 0 Å². The number of aliphatic carboxylic acids is 1. The highest BCUT2D eigenvalue weighted by Crippen LogP contribution is 2.53. The third kappa shape index (κ3) is 3.51. The van der Waals surface area contributed by atoms with Crippen LogP contribution >= 0.6 is 0 Å². The van der Waals surface area contributed by atoms with Crippen LogP contribution in [0.15, 0.2) is 48.5 Å². The van der Waals surface area contributed by atoms with Crippen LogP contribution < -0.4 is 5.32 Å². The summed E-state index contributed by atoms with van der Waals surface area (Å²) in [5, 5.41) is 12.6. The number of nitrogens with one attached hydrogen (secondary N) is 1. The molecule has 182 valence electrons. The fraction of sp³-hybridized carbons (Fsp3) is 0.464. The molecule has 1 heterocycles. The minimum atomic E-state index is -0.786. The summed E-state index contributed by atoms with van der Waals surface area (Å²) in [5.74, 6) is -0.779. The van der Waals surface area contributed by atoms with Crippen molar-refractivity contribution in [3.05, 3.63) is 59.7 Å². The van der Waals surface area contributed by atoms with Crippen LogP contribution in [0.3, 0.4) is 0 Å². The van der Waals surface area contributed by atoms with Crippen molar-refractivity contribution in [1.82, 2.24) is 10.2 Å². The van der Waals surface area contributed by atoms with Gasteiger partial charge in [0.15, 0.2) is 0 Å². The van der Waals surface area contributed by atoms with Gasteiger partial charge < -0.3 is 20.1 Å². The molecule has 2 saturated carbocycles. The number of fused-ring (bicyclic) bond motifs is 4. The van der Waals surface area contributed by atoms with Crippen molar-refractivity contribution in [3.63, 3.8) is 0 Å². The maximum absolute atomic E-state index is 13.3. The van der Waals surface area contributed by atoms with E-state index in [1.54, 1.807) is 4.90 Å². The van der Waals surface area contributed by atoms with Crippen molar-refractivity contribution in [2.24, 2.45) is 16.7 Å². The van der Waals surface area contributed by atoms with E-state index in [4.69, 9.17) is 4.74 Å². The molecule has 4 aliphatic rings. The second kappa shape index (κ2) is 8.11. The van der Waals surface area contributed by atoms with Crippen LogP contribution in [-0.2, 0) is 14.3 Å². The lowest BCUT2D eigenvalue weighted by molar-refractivity contribution is -0.149. The molecule has 1 aliphatic heterocycles. The quantitative estimate of drug-likeness (QED) is 0.659. The van der Waals surface area contributed by atoms with Gasteiger partial charge in [0.05, 0.1) is 10.8 Å². The minimum Gasteiger partial charge on any atom is -0.481 e. The first-order valence-corrected chi connectivity index (χ1v) is 12.6. The van der Waals surface area contributed by atoms with Gasteiger partial charge in [0.25, 0.3) is 0 Å². The molecule has 6 rings (SSSR count). The van der Waals surface area contributed by atoms with Crippen LogP contribution in [0, 0.1) is 16.7 Å². The zero-order chi connectivity index (χ0) is 24.2. The van der Waals surface area contributed by atoms with E-state index in [0.717, 1.165) is 24.0 Å². The van der Waals surface area contributed by atoms with Crippen molar-refractivity contribution in [2.45, 2.75) is 38.0 Å². The molecule has 2 N–H and O–H groups in total. The largest absolute Gasteiger partial charge is 0.481 e. The van der Waals surface area contributed by atoms with E-state index >= 15 is 0 Å². The monoisotopic (exact) mass is 474 g/mol. The summed E-state index contributed by atoms with van der Waals surface area (Å²) in [6.07, 6.45) is 3.30. The van der Waals surface area contributed by atoms with E-state index in [1.165, 1.54) is 11.1 Å². The predicted molar refractivity (Wildman–Crippen MR) is 129 cm³/mol. The standard InChI is InChI=1S/C28H30N2O5/c31-24(30-14-18-6-5-11-28(18,17-30)25(32)33)27(12-13-27)16-29-26(34)35-15-23-21-9-3-1-7-19(21)20-8-2-4-10-22(20)23/h1-4,7-10,18,23H,5-6,11-17H2,(H,29,34)(H,32,33)/t18-,28-/m0/s1. The first-order chi connectivity index (χ1) is 16.9. The molecule has 2 aromatic carbocycles. The van der Waals surface area contributed by atoms with Crippen LogP contribution in [0.5, 0.6) is 0 Å². The molecule has 35 heavy (non-hydrogen) atoms. The molecule has 0 spiro atoms. The van der Waals surface area contributed by atoms with Gasteiger partial charge in [0, 0.05) is 25.6 Å². The zero-order valence-electron chi connectivity index (χ0n) is 19.7. The number of hydrogen-bond donors (Lipinski definition) is 2. The second-order valence-electron chi connectivity index (χ2n) is 10.7. The summed E-state index contributed by atoms with van der Waals surface area (Å²) in [5.41, 5.74) is 3.25. The first-order valence-electron chi connectivity index (χ1n) is 12.6. The molecule has 7 nitrogen and oxygen atoms in total. The zero-order valence-corrected chi connectivity index (χ0v) is 19.7. The van der Waals surface area contributed by atoms with Crippen LogP contribution in [0.25, 0.3) is 11.1 Å². The molecule has 0 bridgehead atoms. The topological polar surface area (TPSA) is 95.9 Å². The summed E-state index contributed by atoms with van der Waals surface area (Å²) < 4.78 is 5.62. The Morgan fingerprint density at radius 3 is 2.26 bits per heavy atom. The van der Waals surface area contributed by atoms with Gasteiger partial charge in [0.2, 0.25) is 5.91 Å². The number of carboxylic acid groups (broad SMARTS) is 1. The molecular formula is C28H30N2O5. The number of ether oxygens (including phenoxy) is 1. The van der Waals surface area contributed by atoms with E-state index in [2.05, 4.69) is 29.6 Å². The molecule has 2 amide bonds. The number of carbonyl (C=O) groups excluding carboxylic acids is 2. The SMILES string of the molecule is O=C(NCC1(C(=O)N2C[C@@H]3CCC[C@]3(C(=O)O)C2)CC1)OCC1c2ccccc2-c2ccccc21. The number of benzene rings is 2. The number of alkyl carbamates (subject to hydrolysis) is 1. The van der Waals surface area contributed by atoms with Gasteiger partial charge in [-0.1, -0.05) is 55.0 Å². The van der Waals surface area contributed by atoms with Crippen molar-refractivity contribution in [3.8, 4) is 11.1 Å². The Bertz CT molecular complexity index is 1160. The van der Waals surface area contributed by atoms with E-state index in [-0.39, 0.29) is 30.9 Å². The number of carboxylic acids is 1. The van der Waals surface area contributed by atoms with Gasteiger partial charge in [-0.15, -0.1) is 0 Å². The average Bonchev–Trinajstić information content (AvgIpc) is 3.24. The summed E-state index contributed by atoms with van der Waals surface area (Å²) in [6.45, 7) is 1.26. The van der Waals surface area contributed by atoms with Gasteiger partial charge in [-0.2, -0.15) is 0 Å². The van der Waals surface area contributed by atoms with Gasteiger partial charge in [-0.05, 0) is 53.9 Å². The molecule has 2 atom stereocenters. The lowest BCUT2D eigenvalue weighted by atomic mass is 9.81. The van der Waals surface area contributed by atoms with Crippen LogP contribution in [0.2, 0.25) is 0 Å². The number of nitrogens with zero attached hydrogens (tertiary/aromatic N) is 1. The fourth-order valence-corrected chi connectivity index (χ4v) is 6.64. The van der Waals surface area contributed by atoms with Crippen LogP contribution in [-0.4, -0.2) is 54.2 Å². The third-order valence-electron chi connectivity index (χ3n) is 8.81. The number of hydrogen-bond acceptors (Lipinski definition) is 4. The lowest BCUT2D eigenvalue weighted by Gasteiger charge is -2.26. The molecule has 0 radical (unpaired) electrons. The summed E-state index contributed by atoms with van der Waals surface area (Å²) in [4.78, 5) is 39.6. The van der Waals surface area contributed by atoms with Crippen molar-refractivity contribution >= 4 is 18.0 Å². The van der Waals surface area contributed by atoms with Crippen molar-refractivity contribution < 1.29 is 24.2 Å². The normalized spacial score (nSPS) is 25.5.